The molecule has 6 heteroatoms. The summed E-state index contributed by atoms with van der Waals surface area (Å²) in [6.45, 7) is 4.14. The van der Waals surface area contributed by atoms with Crippen LogP contribution in [0, 0.1) is 0 Å². The van der Waals surface area contributed by atoms with Crippen LogP contribution < -0.4 is 11.1 Å². The first-order chi connectivity index (χ1) is 9.83. The molecule has 0 amide bonds. The fraction of sp³-hybridized carbons (Fsp3) is 0.400. The van der Waals surface area contributed by atoms with Crippen LogP contribution in [0.25, 0.3) is 11.0 Å². The summed E-state index contributed by atoms with van der Waals surface area (Å²) < 4.78 is 2.54. The topological polar surface area (TPSA) is 81.3 Å². The van der Waals surface area contributed by atoms with Crippen molar-refractivity contribution in [3.8, 4) is 0 Å². The van der Waals surface area contributed by atoms with Gasteiger partial charge in [-0.3, -0.25) is 19.0 Å². The lowest BCUT2D eigenvalue weighted by Crippen LogP contribution is -2.45. The molecule has 6 nitrogen and oxygen atoms in total. The van der Waals surface area contributed by atoms with Gasteiger partial charge >= 0.3 is 17.1 Å². The molecule has 0 saturated carbocycles. The molecule has 1 aliphatic rings. The molecule has 3 rings (SSSR count). The number of aromatic nitrogens is 2. The molecule has 0 atom stereocenters. The number of benzene rings is 1. The lowest BCUT2D eigenvalue weighted by molar-refractivity contribution is -0.137. The van der Waals surface area contributed by atoms with Gasteiger partial charge in [-0.2, -0.15) is 0 Å². The molecule has 2 aromatic rings. The summed E-state index contributed by atoms with van der Waals surface area (Å²) in [6.07, 6.45) is 0.765. The molecule has 1 aromatic carbocycles. The van der Waals surface area contributed by atoms with Gasteiger partial charge in [0.15, 0.2) is 0 Å². The van der Waals surface area contributed by atoms with Crippen LogP contribution in [0.1, 0.15) is 25.8 Å². The Labute approximate surface area is 120 Å². The Kier molecular flexibility index (Phi) is 2.79. The van der Waals surface area contributed by atoms with E-state index >= 15 is 0 Å². The monoisotopic (exact) mass is 288 g/mol. The highest BCUT2D eigenvalue weighted by molar-refractivity contribution is 5.82. The summed E-state index contributed by atoms with van der Waals surface area (Å²) in [6, 6.07) is 5.44. The van der Waals surface area contributed by atoms with Crippen molar-refractivity contribution in [2.75, 3.05) is 0 Å². The van der Waals surface area contributed by atoms with Gasteiger partial charge in [-0.1, -0.05) is 26.0 Å². The van der Waals surface area contributed by atoms with Crippen LogP contribution in [0.3, 0.4) is 0 Å². The van der Waals surface area contributed by atoms with Crippen molar-refractivity contribution < 1.29 is 9.90 Å². The lowest BCUT2D eigenvalue weighted by atomic mass is 9.78. The molecule has 21 heavy (non-hydrogen) atoms. The normalized spacial score (nSPS) is 16.1. The maximum absolute atomic E-state index is 12.2. The minimum atomic E-state index is -1.14. The first-order valence-corrected chi connectivity index (χ1v) is 6.81. The van der Waals surface area contributed by atoms with Crippen molar-refractivity contribution >= 4 is 17.0 Å². The van der Waals surface area contributed by atoms with Crippen LogP contribution in [0.2, 0.25) is 0 Å². The van der Waals surface area contributed by atoms with Crippen LogP contribution in [-0.4, -0.2) is 20.2 Å². The SMILES string of the molecule is CC1(C)CCn2c(=O)c(=O)n(CC(=O)O)c3cccc1c32. The summed E-state index contributed by atoms with van der Waals surface area (Å²) >= 11 is 0. The van der Waals surface area contributed by atoms with E-state index < -0.39 is 23.6 Å². The highest BCUT2D eigenvalue weighted by atomic mass is 16.4. The standard InChI is InChI=1S/C15H16N2O4/c1-15(2)6-7-16-12-9(15)4-3-5-10(12)17(8-11(18)19)14(21)13(16)20/h3-5H,6-8H2,1-2H3,(H,18,19). The molecule has 110 valence electrons. The third kappa shape index (κ3) is 1.90. The highest BCUT2D eigenvalue weighted by Gasteiger charge is 2.30. The van der Waals surface area contributed by atoms with Crippen molar-refractivity contribution in [2.24, 2.45) is 0 Å². The second-order valence-corrected chi connectivity index (χ2v) is 6.05. The third-order valence-electron chi connectivity index (χ3n) is 4.23. The molecule has 0 spiro atoms. The number of hydrogen-bond acceptors (Lipinski definition) is 3. The summed E-state index contributed by atoms with van der Waals surface area (Å²) in [7, 11) is 0. The number of carboxylic acids is 1. The van der Waals surface area contributed by atoms with Gasteiger partial charge in [0.05, 0.1) is 11.0 Å². The van der Waals surface area contributed by atoms with Gasteiger partial charge in [-0.25, -0.2) is 0 Å². The van der Waals surface area contributed by atoms with Crippen LogP contribution in [0.4, 0.5) is 0 Å². The smallest absolute Gasteiger partial charge is 0.323 e. The van der Waals surface area contributed by atoms with E-state index in [4.69, 9.17) is 5.11 Å². The zero-order valence-corrected chi connectivity index (χ0v) is 11.9. The average Bonchev–Trinajstić information content (AvgIpc) is 2.42. The number of nitrogens with zero attached hydrogens (tertiary/aromatic N) is 2. The Hall–Kier alpha value is -2.37. The fourth-order valence-electron chi connectivity index (χ4n) is 3.05. The molecule has 1 aromatic heterocycles. The molecule has 1 aliphatic heterocycles. The average molecular weight is 288 g/mol. The zero-order valence-electron chi connectivity index (χ0n) is 11.9. The molecule has 1 N–H and O–H groups in total. The molecular weight excluding hydrogens is 272 g/mol. The van der Waals surface area contributed by atoms with Gasteiger partial charge in [0.1, 0.15) is 6.54 Å². The Morgan fingerprint density at radius 2 is 2.00 bits per heavy atom. The number of aryl methyl sites for hydroxylation is 1. The number of carbonyl (C=O) groups is 1. The Balaban J connectivity index is 2.52. The molecule has 0 bridgehead atoms. The van der Waals surface area contributed by atoms with Crippen molar-refractivity contribution in [1.29, 1.82) is 0 Å². The second-order valence-electron chi connectivity index (χ2n) is 6.05. The van der Waals surface area contributed by atoms with Crippen LogP contribution in [-0.2, 0) is 23.3 Å². The maximum atomic E-state index is 12.2. The van der Waals surface area contributed by atoms with Gasteiger partial charge in [0.2, 0.25) is 0 Å². The molecular formula is C15H16N2O4. The van der Waals surface area contributed by atoms with Crippen molar-refractivity contribution in [2.45, 2.75) is 38.8 Å². The minimum Gasteiger partial charge on any atom is -0.480 e. The summed E-state index contributed by atoms with van der Waals surface area (Å²) in [4.78, 5) is 35.4. The van der Waals surface area contributed by atoms with Gasteiger partial charge in [0.25, 0.3) is 0 Å². The van der Waals surface area contributed by atoms with Crippen LogP contribution in [0.15, 0.2) is 27.8 Å². The van der Waals surface area contributed by atoms with Crippen molar-refractivity contribution in [3.05, 3.63) is 44.5 Å². The summed E-state index contributed by atoms with van der Waals surface area (Å²) in [5.74, 6) is -1.14. The Morgan fingerprint density at radius 3 is 2.67 bits per heavy atom. The molecule has 0 aliphatic carbocycles. The van der Waals surface area contributed by atoms with E-state index in [1.807, 2.05) is 6.07 Å². The van der Waals surface area contributed by atoms with Crippen molar-refractivity contribution in [1.82, 2.24) is 9.13 Å². The van der Waals surface area contributed by atoms with Gasteiger partial charge < -0.3 is 9.67 Å². The first-order valence-electron chi connectivity index (χ1n) is 6.81. The first kappa shape index (κ1) is 13.6. The molecule has 0 radical (unpaired) electrons. The summed E-state index contributed by atoms with van der Waals surface area (Å²) in [5, 5.41) is 8.99. The fourth-order valence-corrected chi connectivity index (χ4v) is 3.05. The van der Waals surface area contributed by atoms with Crippen LogP contribution >= 0.6 is 0 Å². The Morgan fingerprint density at radius 1 is 1.29 bits per heavy atom. The number of para-hydroxylation sites is 1. The quantitative estimate of drug-likeness (QED) is 0.833. The predicted octanol–water partition coefficient (Wildman–Crippen LogP) is 0.929. The number of rotatable bonds is 2. The minimum absolute atomic E-state index is 0.114. The largest absolute Gasteiger partial charge is 0.480 e. The van der Waals surface area contributed by atoms with E-state index in [0.717, 1.165) is 16.6 Å². The lowest BCUT2D eigenvalue weighted by Gasteiger charge is -2.33. The Bertz CT molecular complexity index is 874. The highest BCUT2D eigenvalue weighted by Crippen LogP contribution is 2.36. The second kappa shape index (κ2) is 4.31. The van der Waals surface area contributed by atoms with E-state index in [1.54, 1.807) is 12.1 Å². The van der Waals surface area contributed by atoms with E-state index in [9.17, 15) is 14.4 Å². The predicted molar refractivity (Wildman–Crippen MR) is 77.7 cm³/mol. The summed E-state index contributed by atoms with van der Waals surface area (Å²) in [5.41, 5.74) is 0.625. The molecule has 0 saturated heterocycles. The van der Waals surface area contributed by atoms with Gasteiger partial charge in [-0.15, -0.1) is 0 Å². The number of hydrogen-bond donors (Lipinski definition) is 1. The van der Waals surface area contributed by atoms with E-state index in [-0.39, 0.29) is 5.41 Å². The molecule has 2 heterocycles. The number of aliphatic carboxylic acids is 1. The van der Waals surface area contributed by atoms with Crippen LogP contribution in [0.5, 0.6) is 0 Å². The van der Waals surface area contributed by atoms with Crippen molar-refractivity contribution in [3.63, 3.8) is 0 Å². The van der Waals surface area contributed by atoms with E-state index in [1.165, 1.54) is 4.57 Å². The van der Waals surface area contributed by atoms with E-state index in [2.05, 4.69) is 13.8 Å². The molecule has 0 unspecified atom stereocenters. The maximum Gasteiger partial charge on any atom is 0.323 e. The van der Waals surface area contributed by atoms with E-state index in [0.29, 0.717) is 17.6 Å². The zero-order chi connectivity index (χ0) is 15.4. The third-order valence-corrected chi connectivity index (χ3v) is 4.23. The van der Waals surface area contributed by atoms with Gasteiger partial charge in [0, 0.05) is 6.54 Å². The number of carboxylic acid groups (broad SMARTS) is 1. The van der Waals surface area contributed by atoms with Gasteiger partial charge in [-0.05, 0) is 23.5 Å². The molecule has 0 fully saturated rings.